The lowest BCUT2D eigenvalue weighted by Crippen LogP contribution is -2.51. The standard InChI is InChI=1S/C14H30N2O2/c1-10(2)15-12(13(17)18-8)9-16(7)11(3)14(4,5)6/h10-12,15H,9H2,1-8H3. The summed E-state index contributed by atoms with van der Waals surface area (Å²) in [5.74, 6) is -0.198. The van der Waals surface area contributed by atoms with E-state index in [0.717, 1.165) is 0 Å². The largest absolute Gasteiger partial charge is 0.468 e. The molecule has 1 N–H and O–H groups in total. The number of hydrogen-bond donors (Lipinski definition) is 1. The van der Waals surface area contributed by atoms with Gasteiger partial charge >= 0.3 is 5.97 Å². The maximum atomic E-state index is 11.7. The van der Waals surface area contributed by atoms with Crippen LogP contribution in [0.1, 0.15) is 41.5 Å². The molecule has 0 aliphatic carbocycles. The monoisotopic (exact) mass is 258 g/mol. The van der Waals surface area contributed by atoms with Gasteiger partial charge in [-0.25, -0.2) is 0 Å². The molecule has 4 nitrogen and oxygen atoms in total. The SMILES string of the molecule is COC(=O)C(CN(C)C(C)C(C)(C)C)NC(C)C. The number of nitrogens with zero attached hydrogens (tertiary/aromatic N) is 1. The summed E-state index contributed by atoms with van der Waals surface area (Å²) in [6.07, 6.45) is 0. The van der Waals surface area contributed by atoms with Crippen molar-refractivity contribution in [3.63, 3.8) is 0 Å². The molecule has 4 heteroatoms. The van der Waals surface area contributed by atoms with Crippen LogP contribution in [0.25, 0.3) is 0 Å². The Bertz CT molecular complexity index is 259. The number of methoxy groups -OCH3 is 1. The Labute approximate surface area is 112 Å². The Balaban J connectivity index is 4.62. The van der Waals surface area contributed by atoms with Gasteiger partial charge in [-0.15, -0.1) is 0 Å². The lowest BCUT2D eigenvalue weighted by molar-refractivity contribution is -0.144. The van der Waals surface area contributed by atoms with E-state index >= 15 is 0 Å². The van der Waals surface area contributed by atoms with Gasteiger partial charge in [0.05, 0.1) is 7.11 Å². The predicted molar refractivity (Wildman–Crippen MR) is 75.6 cm³/mol. The van der Waals surface area contributed by atoms with Gasteiger partial charge in [0.15, 0.2) is 0 Å². The van der Waals surface area contributed by atoms with Gasteiger partial charge in [0.1, 0.15) is 6.04 Å². The van der Waals surface area contributed by atoms with Crippen LogP contribution >= 0.6 is 0 Å². The van der Waals surface area contributed by atoms with Crippen LogP contribution in [-0.2, 0) is 9.53 Å². The van der Waals surface area contributed by atoms with Crippen LogP contribution in [0, 0.1) is 5.41 Å². The average molecular weight is 258 g/mol. The van der Waals surface area contributed by atoms with Crippen molar-refractivity contribution in [2.45, 2.75) is 59.7 Å². The highest BCUT2D eigenvalue weighted by atomic mass is 16.5. The Hall–Kier alpha value is -0.610. The molecule has 18 heavy (non-hydrogen) atoms. The first-order chi connectivity index (χ1) is 8.09. The molecule has 0 aromatic carbocycles. The summed E-state index contributed by atoms with van der Waals surface area (Å²) in [5.41, 5.74) is 0.188. The molecule has 0 bridgehead atoms. The summed E-state index contributed by atoms with van der Waals surface area (Å²) < 4.78 is 4.85. The fourth-order valence-electron chi connectivity index (χ4n) is 1.85. The van der Waals surface area contributed by atoms with E-state index in [-0.39, 0.29) is 23.5 Å². The lowest BCUT2D eigenvalue weighted by Gasteiger charge is -2.37. The molecule has 0 radical (unpaired) electrons. The molecule has 0 aromatic heterocycles. The van der Waals surface area contributed by atoms with Crippen molar-refractivity contribution in [3.8, 4) is 0 Å². The van der Waals surface area contributed by atoms with Gasteiger partial charge in [-0.05, 0) is 19.4 Å². The van der Waals surface area contributed by atoms with Crippen LogP contribution in [-0.4, -0.2) is 49.7 Å². The fraction of sp³-hybridized carbons (Fsp3) is 0.929. The highest BCUT2D eigenvalue weighted by Crippen LogP contribution is 2.23. The quantitative estimate of drug-likeness (QED) is 0.739. The fourth-order valence-corrected chi connectivity index (χ4v) is 1.85. The molecule has 0 saturated carbocycles. The number of esters is 1. The second-order valence-electron chi connectivity index (χ2n) is 6.38. The normalized spacial score (nSPS) is 15.9. The van der Waals surface area contributed by atoms with Crippen LogP contribution in [0.5, 0.6) is 0 Å². The van der Waals surface area contributed by atoms with E-state index in [1.807, 2.05) is 20.9 Å². The molecule has 0 saturated heterocycles. The van der Waals surface area contributed by atoms with E-state index in [4.69, 9.17) is 4.74 Å². The number of likely N-dealkylation sites (N-methyl/N-ethyl adjacent to an activating group) is 1. The first-order valence-corrected chi connectivity index (χ1v) is 6.63. The van der Waals surface area contributed by atoms with Gasteiger partial charge in [0, 0.05) is 18.6 Å². The summed E-state index contributed by atoms with van der Waals surface area (Å²) in [6.45, 7) is 13.5. The van der Waals surface area contributed by atoms with Gasteiger partial charge in [-0.3, -0.25) is 4.79 Å². The van der Waals surface area contributed by atoms with Crippen molar-refractivity contribution in [2.75, 3.05) is 20.7 Å². The maximum absolute atomic E-state index is 11.7. The third kappa shape index (κ3) is 5.83. The first kappa shape index (κ1) is 17.4. The van der Waals surface area contributed by atoms with Crippen LogP contribution < -0.4 is 5.32 Å². The molecule has 0 spiro atoms. The molecule has 2 unspecified atom stereocenters. The Kier molecular flexibility index (Phi) is 6.86. The number of carbonyl (C=O) groups is 1. The molecule has 0 fully saturated rings. The van der Waals surface area contributed by atoms with Crippen LogP contribution in [0.4, 0.5) is 0 Å². The van der Waals surface area contributed by atoms with E-state index < -0.39 is 0 Å². The third-order valence-electron chi connectivity index (χ3n) is 3.41. The summed E-state index contributed by atoms with van der Waals surface area (Å²) >= 11 is 0. The van der Waals surface area contributed by atoms with E-state index in [0.29, 0.717) is 12.6 Å². The number of nitrogens with one attached hydrogen (secondary N) is 1. The van der Waals surface area contributed by atoms with E-state index in [1.54, 1.807) is 0 Å². The Morgan fingerprint density at radius 2 is 1.78 bits per heavy atom. The van der Waals surface area contributed by atoms with Gasteiger partial charge in [0.25, 0.3) is 0 Å². The predicted octanol–water partition coefficient (Wildman–Crippen LogP) is 1.89. The van der Waals surface area contributed by atoms with E-state index in [1.165, 1.54) is 7.11 Å². The van der Waals surface area contributed by atoms with Crippen molar-refractivity contribution in [1.82, 2.24) is 10.2 Å². The maximum Gasteiger partial charge on any atom is 0.324 e. The molecule has 0 rings (SSSR count). The summed E-state index contributed by atoms with van der Waals surface area (Å²) in [7, 11) is 3.48. The van der Waals surface area contributed by atoms with Crippen molar-refractivity contribution in [2.24, 2.45) is 5.41 Å². The minimum absolute atomic E-state index is 0.188. The Morgan fingerprint density at radius 3 is 2.11 bits per heavy atom. The summed E-state index contributed by atoms with van der Waals surface area (Å²) in [6, 6.07) is 0.371. The van der Waals surface area contributed by atoms with Crippen molar-refractivity contribution >= 4 is 5.97 Å². The molecule has 108 valence electrons. The van der Waals surface area contributed by atoms with Gasteiger partial charge in [0.2, 0.25) is 0 Å². The van der Waals surface area contributed by atoms with Crippen molar-refractivity contribution in [1.29, 1.82) is 0 Å². The number of rotatable bonds is 6. The summed E-state index contributed by atoms with van der Waals surface area (Å²) in [4.78, 5) is 13.9. The smallest absolute Gasteiger partial charge is 0.324 e. The molecule has 0 aliphatic rings. The van der Waals surface area contributed by atoms with Crippen molar-refractivity contribution < 1.29 is 9.53 Å². The highest BCUT2D eigenvalue weighted by molar-refractivity contribution is 5.76. The third-order valence-corrected chi connectivity index (χ3v) is 3.41. The zero-order valence-electron chi connectivity index (χ0n) is 13.2. The number of hydrogen-bond acceptors (Lipinski definition) is 4. The molecule has 0 aromatic rings. The van der Waals surface area contributed by atoms with Crippen molar-refractivity contribution in [3.05, 3.63) is 0 Å². The summed E-state index contributed by atoms with van der Waals surface area (Å²) in [5, 5.41) is 3.25. The molecule has 0 amide bonds. The minimum atomic E-state index is -0.273. The van der Waals surface area contributed by atoms with Gasteiger partial charge in [-0.2, -0.15) is 0 Å². The number of carbonyl (C=O) groups excluding carboxylic acids is 1. The molecular formula is C14H30N2O2. The lowest BCUT2D eigenvalue weighted by atomic mass is 9.87. The molecule has 0 heterocycles. The van der Waals surface area contributed by atoms with Crippen LogP contribution in [0.15, 0.2) is 0 Å². The highest BCUT2D eigenvalue weighted by Gasteiger charge is 2.28. The minimum Gasteiger partial charge on any atom is -0.468 e. The zero-order chi connectivity index (χ0) is 14.5. The first-order valence-electron chi connectivity index (χ1n) is 6.63. The molecular weight excluding hydrogens is 228 g/mol. The zero-order valence-corrected chi connectivity index (χ0v) is 13.2. The van der Waals surface area contributed by atoms with E-state index in [2.05, 4.69) is 37.9 Å². The average Bonchev–Trinajstić information content (AvgIpc) is 2.23. The van der Waals surface area contributed by atoms with Crippen LogP contribution in [0.3, 0.4) is 0 Å². The molecule has 0 aliphatic heterocycles. The number of ether oxygens (including phenoxy) is 1. The van der Waals surface area contributed by atoms with Crippen LogP contribution in [0.2, 0.25) is 0 Å². The second-order valence-corrected chi connectivity index (χ2v) is 6.38. The second kappa shape index (κ2) is 7.10. The molecule has 2 atom stereocenters. The van der Waals surface area contributed by atoms with Gasteiger partial charge in [-0.1, -0.05) is 34.6 Å². The van der Waals surface area contributed by atoms with Gasteiger partial charge < -0.3 is 15.0 Å². The van der Waals surface area contributed by atoms with E-state index in [9.17, 15) is 4.79 Å². The Morgan fingerprint density at radius 1 is 1.28 bits per heavy atom. The topological polar surface area (TPSA) is 41.6 Å².